The van der Waals surface area contributed by atoms with Gasteiger partial charge in [0.2, 0.25) is 0 Å². The van der Waals surface area contributed by atoms with Crippen LogP contribution in [0, 0.1) is 0 Å². The molecule has 0 aliphatic heterocycles. The second-order valence-electron chi connectivity index (χ2n) is 4.57. The summed E-state index contributed by atoms with van der Waals surface area (Å²) < 4.78 is 2.41. The standard InChI is InChI=1S/C15H9BrCl2N2O/c16-10-1-3-12-14(6-10)19-8-20(15(12)21)7-9-5-11(17)2-4-13(9)18/h1-6,8H,7H2. The lowest BCUT2D eigenvalue weighted by Crippen LogP contribution is -2.21. The van der Waals surface area contributed by atoms with E-state index in [1.54, 1.807) is 24.3 Å². The summed E-state index contributed by atoms with van der Waals surface area (Å²) >= 11 is 15.5. The lowest BCUT2D eigenvalue weighted by Gasteiger charge is -2.09. The van der Waals surface area contributed by atoms with E-state index in [0.29, 0.717) is 27.5 Å². The van der Waals surface area contributed by atoms with Crippen LogP contribution in [0.2, 0.25) is 10.0 Å². The van der Waals surface area contributed by atoms with E-state index in [1.165, 1.54) is 10.9 Å². The Morgan fingerprint density at radius 2 is 1.95 bits per heavy atom. The predicted molar refractivity (Wildman–Crippen MR) is 89.3 cm³/mol. The number of benzene rings is 2. The van der Waals surface area contributed by atoms with Crippen LogP contribution >= 0.6 is 39.1 Å². The predicted octanol–water partition coefficient (Wildman–Crippen LogP) is 4.51. The third-order valence-corrected chi connectivity index (χ3v) is 4.23. The molecule has 3 aromatic rings. The molecule has 0 fully saturated rings. The number of hydrogen-bond acceptors (Lipinski definition) is 2. The highest BCUT2D eigenvalue weighted by atomic mass is 79.9. The van der Waals surface area contributed by atoms with Crippen molar-refractivity contribution in [2.24, 2.45) is 0 Å². The Bertz CT molecular complexity index is 892. The summed E-state index contributed by atoms with van der Waals surface area (Å²) in [5.74, 6) is 0. The first-order chi connectivity index (χ1) is 10.0. The SMILES string of the molecule is O=c1c2ccc(Br)cc2ncn1Cc1cc(Cl)ccc1Cl. The Morgan fingerprint density at radius 1 is 1.14 bits per heavy atom. The van der Waals surface area contributed by atoms with Crippen molar-refractivity contribution >= 4 is 50.0 Å². The molecule has 3 rings (SSSR count). The molecule has 0 radical (unpaired) electrons. The zero-order valence-electron chi connectivity index (χ0n) is 10.7. The van der Waals surface area contributed by atoms with Gasteiger partial charge in [-0.05, 0) is 42.0 Å². The van der Waals surface area contributed by atoms with Gasteiger partial charge in [-0.15, -0.1) is 0 Å². The average molecular weight is 384 g/mol. The Balaban J connectivity index is 2.09. The van der Waals surface area contributed by atoms with Gasteiger partial charge < -0.3 is 0 Å². The van der Waals surface area contributed by atoms with E-state index in [9.17, 15) is 4.79 Å². The Hall–Kier alpha value is -1.36. The van der Waals surface area contributed by atoms with E-state index in [4.69, 9.17) is 23.2 Å². The molecule has 0 saturated heterocycles. The van der Waals surface area contributed by atoms with Crippen molar-refractivity contribution in [2.45, 2.75) is 6.54 Å². The fourth-order valence-electron chi connectivity index (χ4n) is 2.09. The Kier molecular flexibility index (Phi) is 4.02. The molecular formula is C15H9BrCl2N2O. The van der Waals surface area contributed by atoms with Crippen LogP contribution in [-0.2, 0) is 6.54 Å². The molecule has 0 N–H and O–H groups in total. The summed E-state index contributed by atoms with van der Waals surface area (Å²) in [5, 5.41) is 1.72. The van der Waals surface area contributed by atoms with Crippen LogP contribution < -0.4 is 5.56 Å². The van der Waals surface area contributed by atoms with Crippen molar-refractivity contribution in [3.8, 4) is 0 Å². The van der Waals surface area contributed by atoms with Gasteiger partial charge in [-0.25, -0.2) is 4.98 Å². The largest absolute Gasteiger partial charge is 0.294 e. The van der Waals surface area contributed by atoms with Crippen LogP contribution in [-0.4, -0.2) is 9.55 Å². The van der Waals surface area contributed by atoms with Gasteiger partial charge in [0.05, 0.1) is 23.8 Å². The molecule has 0 saturated carbocycles. The maximum Gasteiger partial charge on any atom is 0.261 e. The van der Waals surface area contributed by atoms with E-state index in [2.05, 4.69) is 20.9 Å². The fourth-order valence-corrected chi connectivity index (χ4v) is 2.81. The molecule has 0 aliphatic rings. The number of aromatic nitrogens is 2. The first kappa shape index (κ1) is 14.6. The number of nitrogens with zero attached hydrogens (tertiary/aromatic N) is 2. The molecule has 21 heavy (non-hydrogen) atoms. The molecule has 0 unspecified atom stereocenters. The summed E-state index contributed by atoms with van der Waals surface area (Å²) in [4.78, 5) is 16.8. The highest BCUT2D eigenvalue weighted by Crippen LogP contribution is 2.21. The van der Waals surface area contributed by atoms with Gasteiger partial charge in [0.15, 0.2) is 0 Å². The third-order valence-electron chi connectivity index (χ3n) is 3.14. The molecule has 0 amide bonds. The molecule has 6 heteroatoms. The van der Waals surface area contributed by atoms with E-state index < -0.39 is 0 Å². The maximum atomic E-state index is 12.5. The van der Waals surface area contributed by atoms with Gasteiger partial charge in [-0.3, -0.25) is 9.36 Å². The number of hydrogen-bond donors (Lipinski definition) is 0. The molecule has 106 valence electrons. The Morgan fingerprint density at radius 3 is 2.76 bits per heavy atom. The quantitative estimate of drug-likeness (QED) is 0.652. The van der Waals surface area contributed by atoms with Crippen LogP contribution in [0.5, 0.6) is 0 Å². The van der Waals surface area contributed by atoms with Gasteiger partial charge in [-0.2, -0.15) is 0 Å². The second kappa shape index (κ2) is 5.79. The lowest BCUT2D eigenvalue weighted by atomic mass is 10.2. The van der Waals surface area contributed by atoms with Crippen LogP contribution in [0.3, 0.4) is 0 Å². The topological polar surface area (TPSA) is 34.9 Å². The first-order valence-corrected chi connectivity index (χ1v) is 7.68. The fraction of sp³-hybridized carbons (Fsp3) is 0.0667. The van der Waals surface area contributed by atoms with E-state index in [-0.39, 0.29) is 5.56 Å². The number of halogens is 3. The summed E-state index contributed by atoms with van der Waals surface area (Å²) in [6.45, 7) is 0.331. The average Bonchev–Trinajstić information content (AvgIpc) is 2.45. The van der Waals surface area contributed by atoms with Gasteiger partial charge in [0.25, 0.3) is 5.56 Å². The first-order valence-electron chi connectivity index (χ1n) is 6.13. The van der Waals surface area contributed by atoms with Gasteiger partial charge in [0, 0.05) is 14.5 Å². The molecule has 0 atom stereocenters. The van der Waals surface area contributed by atoms with Crippen molar-refractivity contribution in [1.29, 1.82) is 0 Å². The van der Waals surface area contributed by atoms with E-state index in [0.717, 1.165) is 10.0 Å². The summed E-state index contributed by atoms with van der Waals surface area (Å²) in [7, 11) is 0. The van der Waals surface area contributed by atoms with Crippen LogP contribution in [0.1, 0.15) is 5.56 Å². The second-order valence-corrected chi connectivity index (χ2v) is 6.33. The minimum Gasteiger partial charge on any atom is -0.294 e. The number of rotatable bonds is 2. The molecule has 3 nitrogen and oxygen atoms in total. The van der Waals surface area contributed by atoms with Crippen molar-refractivity contribution in [3.63, 3.8) is 0 Å². The summed E-state index contributed by atoms with van der Waals surface area (Å²) in [6.07, 6.45) is 1.52. The molecule has 0 aliphatic carbocycles. The molecular weight excluding hydrogens is 375 g/mol. The highest BCUT2D eigenvalue weighted by Gasteiger charge is 2.07. The molecule has 0 bridgehead atoms. The maximum absolute atomic E-state index is 12.5. The zero-order chi connectivity index (χ0) is 15.0. The molecule has 0 spiro atoms. The molecule has 1 heterocycles. The normalized spacial score (nSPS) is 11.0. The highest BCUT2D eigenvalue weighted by molar-refractivity contribution is 9.10. The van der Waals surface area contributed by atoms with Gasteiger partial charge >= 0.3 is 0 Å². The molecule has 2 aromatic carbocycles. The lowest BCUT2D eigenvalue weighted by molar-refractivity contribution is 0.748. The Labute approximate surface area is 139 Å². The van der Waals surface area contributed by atoms with Gasteiger partial charge in [-0.1, -0.05) is 39.1 Å². The van der Waals surface area contributed by atoms with Crippen molar-refractivity contribution in [3.05, 3.63) is 73.2 Å². The minimum absolute atomic E-state index is 0.108. The van der Waals surface area contributed by atoms with E-state index in [1.807, 2.05) is 12.1 Å². The van der Waals surface area contributed by atoms with Crippen LogP contribution in [0.25, 0.3) is 10.9 Å². The van der Waals surface area contributed by atoms with Crippen LogP contribution in [0.4, 0.5) is 0 Å². The van der Waals surface area contributed by atoms with Crippen LogP contribution in [0.15, 0.2) is 52.0 Å². The summed E-state index contributed by atoms with van der Waals surface area (Å²) in [6, 6.07) is 10.6. The van der Waals surface area contributed by atoms with Crippen molar-refractivity contribution in [1.82, 2.24) is 9.55 Å². The number of fused-ring (bicyclic) bond motifs is 1. The molecule has 1 aromatic heterocycles. The monoisotopic (exact) mass is 382 g/mol. The van der Waals surface area contributed by atoms with Crippen molar-refractivity contribution < 1.29 is 0 Å². The van der Waals surface area contributed by atoms with Gasteiger partial charge in [0.1, 0.15) is 0 Å². The third kappa shape index (κ3) is 2.98. The van der Waals surface area contributed by atoms with Crippen molar-refractivity contribution in [2.75, 3.05) is 0 Å². The smallest absolute Gasteiger partial charge is 0.261 e. The minimum atomic E-state index is -0.108. The van der Waals surface area contributed by atoms with E-state index >= 15 is 0 Å². The zero-order valence-corrected chi connectivity index (χ0v) is 13.8. The summed E-state index contributed by atoms with van der Waals surface area (Å²) in [5.41, 5.74) is 1.33.